The van der Waals surface area contributed by atoms with Gasteiger partial charge in [0.15, 0.2) is 17.3 Å². The third-order valence-corrected chi connectivity index (χ3v) is 6.84. The van der Waals surface area contributed by atoms with Crippen molar-refractivity contribution in [2.75, 3.05) is 5.32 Å². The maximum atomic E-state index is 14.1. The summed E-state index contributed by atoms with van der Waals surface area (Å²) in [6.45, 7) is 0. The number of phenolic OH excluding ortho intramolecular Hbond substituents is 1. The Kier molecular flexibility index (Phi) is 6.80. The number of ketones is 1. The maximum Gasteiger partial charge on any atom is 0.170 e. The number of phenols is 1. The predicted molar refractivity (Wildman–Crippen MR) is 132 cm³/mol. The van der Waals surface area contributed by atoms with Crippen LogP contribution in [0.4, 0.5) is 10.1 Å². The maximum absolute atomic E-state index is 14.1. The van der Waals surface area contributed by atoms with E-state index in [-0.39, 0.29) is 41.2 Å². The summed E-state index contributed by atoms with van der Waals surface area (Å²) in [6.07, 6.45) is 7.30. The van der Waals surface area contributed by atoms with Crippen molar-refractivity contribution in [2.45, 2.75) is 50.6 Å². The van der Waals surface area contributed by atoms with Crippen LogP contribution in [0.2, 0.25) is 5.02 Å². The van der Waals surface area contributed by atoms with Crippen LogP contribution in [0.25, 0.3) is 22.0 Å². The number of aromatic nitrogens is 1. The summed E-state index contributed by atoms with van der Waals surface area (Å²) in [4.78, 5) is 17.6. The number of nitrogens with one attached hydrogen (secondary N) is 1. The average Bonchev–Trinajstić information content (AvgIpc) is 3.63. The highest BCUT2D eigenvalue weighted by molar-refractivity contribution is 6.32. The van der Waals surface area contributed by atoms with Gasteiger partial charge in [-0.05, 0) is 73.9 Å². The lowest BCUT2D eigenvalue weighted by molar-refractivity contribution is 0.0968. The number of halogens is 3. The second-order valence-corrected chi connectivity index (χ2v) is 9.37. The molecule has 3 aromatic rings. The number of carbonyl (C=O) groups is 1. The normalized spacial score (nSPS) is 20.3. The molecule has 0 spiro atoms. The fourth-order valence-electron chi connectivity index (χ4n) is 4.48. The van der Waals surface area contributed by atoms with Crippen molar-refractivity contribution < 1.29 is 14.3 Å². The SMILES string of the molecule is Cl.N[C@H]1CC[C@H](Nc2c(C(=O)C3CC3)cnc3ccc(-c4cc(F)c(O)c(Cl)c4)cc23)CC1. The molecule has 0 unspecified atom stereocenters. The van der Waals surface area contributed by atoms with Crippen LogP contribution >= 0.6 is 24.0 Å². The Hall–Kier alpha value is -2.41. The van der Waals surface area contributed by atoms with E-state index in [1.54, 1.807) is 6.20 Å². The molecule has 4 N–H and O–H groups in total. The molecule has 1 heterocycles. The van der Waals surface area contributed by atoms with Gasteiger partial charge in [0.25, 0.3) is 0 Å². The predicted octanol–water partition coefficient (Wildman–Crippen LogP) is 6.10. The molecule has 2 fully saturated rings. The monoisotopic (exact) mass is 489 g/mol. The van der Waals surface area contributed by atoms with Gasteiger partial charge in [0.05, 0.1) is 21.8 Å². The number of carbonyl (C=O) groups excluding carboxylic acids is 1. The summed E-state index contributed by atoms with van der Waals surface area (Å²) in [5.41, 5.74) is 9.50. The molecule has 1 aromatic heterocycles. The van der Waals surface area contributed by atoms with Crippen LogP contribution in [-0.2, 0) is 0 Å². The molecule has 8 heteroatoms. The van der Waals surface area contributed by atoms with Crippen LogP contribution in [0, 0.1) is 11.7 Å². The van der Waals surface area contributed by atoms with Crippen molar-refractivity contribution in [3.63, 3.8) is 0 Å². The zero-order valence-electron chi connectivity index (χ0n) is 18.0. The number of anilines is 1. The number of Topliss-reactive ketones (excluding diaryl/α,β-unsaturated/α-hetero) is 1. The van der Waals surface area contributed by atoms with Crippen molar-refractivity contribution in [1.29, 1.82) is 0 Å². The van der Waals surface area contributed by atoms with E-state index in [0.717, 1.165) is 60.7 Å². The Morgan fingerprint density at radius 1 is 1.09 bits per heavy atom. The van der Waals surface area contributed by atoms with Crippen LogP contribution in [-0.4, -0.2) is 28.0 Å². The van der Waals surface area contributed by atoms with Gasteiger partial charge in [0.2, 0.25) is 0 Å². The summed E-state index contributed by atoms with van der Waals surface area (Å²) in [5, 5.41) is 14.1. The standard InChI is InChI=1S/C25H25ClFN3O2.ClH/c26-20-10-15(11-21(27)25(20)32)14-3-8-22-18(9-14)23(30-17-6-4-16(28)5-7-17)19(12-29-22)24(31)13-1-2-13;/h3,8-13,16-17,32H,1-2,4-7,28H2,(H,29,30);1H/t16-,17-;. The molecule has 174 valence electrons. The van der Waals surface area contributed by atoms with Crippen LogP contribution in [0.3, 0.4) is 0 Å². The van der Waals surface area contributed by atoms with Crippen LogP contribution in [0.1, 0.15) is 48.9 Å². The van der Waals surface area contributed by atoms with Gasteiger partial charge in [-0.1, -0.05) is 17.7 Å². The fraction of sp³-hybridized carbons (Fsp3) is 0.360. The van der Waals surface area contributed by atoms with Crippen molar-refractivity contribution in [3.05, 3.63) is 52.9 Å². The third kappa shape index (κ3) is 4.79. The third-order valence-electron chi connectivity index (χ3n) is 6.55. The molecular weight excluding hydrogens is 464 g/mol. The zero-order valence-corrected chi connectivity index (χ0v) is 19.6. The van der Waals surface area contributed by atoms with Gasteiger partial charge < -0.3 is 16.2 Å². The Bertz CT molecular complexity index is 1180. The van der Waals surface area contributed by atoms with E-state index in [9.17, 15) is 14.3 Å². The van der Waals surface area contributed by atoms with E-state index in [2.05, 4.69) is 10.3 Å². The number of nitrogens with two attached hydrogens (primary N) is 1. The van der Waals surface area contributed by atoms with E-state index in [1.165, 1.54) is 12.1 Å². The second kappa shape index (κ2) is 9.45. The lowest BCUT2D eigenvalue weighted by Crippen LogP contribution is -2.33. The number of fused-ring (bicyclic) bond motifs is 1. The van der Waals surface area contributed by atoms with E-state index < -0.39 is 11.6 Å². The first kappa shape index (κ1) is 23.7. The molecule has 2 aromatic carbocycles. The molecule has 0 radical (unpaired) electrons. The molecule has 5 rings (SSSR count). The molecular formula is C25H26Cl2FN3O2. The summed E-state index contributed by atoms with van der Waals surface area (Å²) in [5.74, 6) is -1.14. The second-order valence-electron chi connectivity index (χ2n) is 8.96. The van der Waals surface area contributed by atoms with Gasteiger partial charge in [-0.2, -0.15) is 0 Å². The average molecular weight is 490 g/mol. The van der Waals surface area contributed by atoms with E-state index in [0.29, 0.717) is 11.1 Å². The van der Waals surface area contributed by atoms with Crippen LogP contribution < -0.4 is 11.1 Å². The van der Waals surface area contributed by atoms with E-state index >= 15 is 0 Å². The number of pyridine rings is 1. The first-order valence-corrected chi connectivity index (χ1v) is 11.5. The lowest BCUT2D eigenvalue weighted by atomic mass is 9.91. The Labute approximate surface area is 202 Å². The van der Waals surface area contributed by atoms with E-state index in [1.807, 2.05) is 18.2 Å². The van der Waals surface area contributed by atoms with Gasteiger partial charge in [-0.15, -0.1) is 12.4 Å². The Balaban J connectivity index is 0.00000259. The molecule has 0 saturated heterocycles. The molecule has 2 aliphatic carbocycles. The molecule has 2 aliphatic rings. The molecule has 5 nitrogen and oxygen atoms in total. The van der Waals surface area contributed by atoms with Gasteiger partial charge in [-0.25, -0.2) is 4.39 Å². The summed E-state index contributed by atoms with van der Waals surface area (Å²) in [7, 11) is 0. The van der Waals surface area contributed by atoms with Crippen molar-refractivity contribution in [2.24, 2.45) is 11.7 Å². The molecule has 2 saturated carbocycles. The first-order chi connectivity index (χ1) is 15.4. The first-order valence-electron chi connectivity index (χ1n) is 11.1. The zero-order chi connectivity index (χ0) is 22.4. The minimum Gasteiger partial charge on any atom is -0.504 e. The molecule has 0 aliphatic heterocycles. The molecule has 0 bridgehead atoms. The number of rotatable bonds is 5. The van der Waals surface area contributed by atoms with Crippen LogP contribution in [0.5, 0.6) is 5.75 Å². The smallest absolute Gasteiger partial charge is 0.170 e. The molecule has 0 atom stereocenters. The number of benzene rings is 2. The summed E-state index contributed by atoms with van der Waals surface area (Å²) in [6, 6.07) is 8.85. The van der Waals surface area contributed by atoms with Crippen molar-refractivity contribution in [3.8, 4) is 16.9 Å². The fourth-order valence-corrected chi connectivity index (χ4v) is 4.69. The Morgan fingerprint density at radius 3 is 2.48 bits per heavy atom. The Morgan fingerprint density at radius 2 is 1.82 bits per heavy atom. The van der Waals surface area contributed by atoms with Gasteiger partial charge in [0, 0.05) is 29.6 Å². The highest BCUT2D eigenvalue weighted by Crippen LogP contribution is 2.39. The number of hydrogen-bond donors (Lipinski definition) is 3. The number of hydrogen-bond acceptors (Lipinski definition) is 5. The van der Waals surface area contributed by atoms with Gasteiger partial charge >= 0.3 is 0 Å². The highest BCUT2D eigenvalue weighted by Gasteiger charge is 2.33. The highest BCUT2D eigenvalue weighted by atomic mass is 35.5. The van der Waals surface area contributed by atoms with Crippen molar-refractivity contribution >= 4 is 46.4 Å². The quantitative estimate of drug-likeness (QED) is 0.377. The minimum atomic E-state index is -0.778. The van der Waals surface area contributed by atoms with E-state index in [4.69, 9.17) is 17.3 Å². The summed E-state index contributed by atoms with van der Waals surface area (Å²) >= 11 is 6.00. The van der Waals surface area contributed by atoms with Gasteiger partial charge in [0.1, 0.15) is 0 Å². The van der Waals surface area contributed by atoms with Crippen LogP contribution in [0.15, 0.2) is 36.5 Å². The number of nitrogens with zero attached hydrogens (tertiary/aromatic N) is 1. The largest absolute Gasteiger partial charge is 0.504 e. The van der Waals surface area contributed by atoms with Crippen molar-refractivity contribution in [1.82, 2.24) is 4.98 Å². The minimum absolute atomic E-state index is 0. The molecule has 33 heavy (non-hydrogen) atoms. The summed E-state index contributed by atoms with van der Waals surface area (Å²) < 4.78 is 14.1. The topological polar surface area (TPSA) is 88.2 Å². The number of aromatic hydroxyl groups is 1. The lowest BCUT2D eigenvalue weighted by Gasteiger charge is -2.29. The van der Waals surface area contributed by atoms with Gasteiger partial charge in [-0.3, -0.25) is 9.78 Å². The molecule has 0 amide bonds.